The molecule has 2 rings (SSSR count). The molecule has 1 aliphatic carbocycles. The van der Waals surface area contributed by atoms with Crippen LogP contribution in [0.2, 0.25) is 0 Å². The van der Waals surface area contributed by atoms with Gasteiger partial charge in [0.05, 0.1) is 5.41 Å². The fraction of sp³-hybridized carbons (Fsp3) is 0.818. The highest BCUT2D eigenvalue weighted by molar-refractivity contribution is 5.80. The number of carboxylic acid groups (broad SMARTS) is 1. The van der Waals surface area contributed by atoms with Crippen LogP contribution in [0.5, 0.6) is 0 Å². The Morgan fingerprint density at radius 1 is 1.40 bits per heavy atom. The van der Waals surface area contributed by atoms with E-state index in [0.29, 0.717) is 13.0 Å². The number of hydrogen-bond acceptors (Lipinski definition) is 2. The van der Waals surface area contributed by atoms with Crippen molar-refractivity contribution in [1.82, 2.24) is 5.32 Å². The van der Waals surface area contributed by atoms with Crippen LogP contribution in [0.15, 0.2) is 0 Å². The van der Waals surface area contributed by atoms with Gasteiger partial charge in [0.15, 0.2) is 0 Å². The minimum Gasteiger partial charge on any atom is -0.481 e. The lowest BCUT2D eigenvalue weighted by Gasteiger charge is -2.35. The van der Waals surface area contributed by atoms with Gasteiger partial charge in [-0.15, -0.1) is 0 Å². The molecule has 0 aromatic carbocycles. The van der Waals surface area contributed by atoms with Gasteiger partial charge in [-0.05, 0) is 25.2 Å². The number of rotatable bonds is 2. The molecule has 84 valence electrons. The number of hydrogen-bond donors (Lipinski definition) is 2. The van der Waals surface area contributed by atoms with Crippen molar-refractivity contribution in [2.45, 2.75) is 38.5 Å². The molecule has 4 nitrogen and oxygen atoms in total. The minimum atomic E-state index is -0.695. The molecule has 2 N–H and O–H groups in total. The Kier molecular flexibility index (Phi) is 2.67. The summed E-state index contributed by atoms with van der Waals surface area (Å²) in [6.45, 7) is 0.637. The number of piperidine rings is 1. The normalized spacial score (nSPS) is 29.9. The number of carbonyl (C=O) groups excluding carboxylic acids is 1. The third-order valence-electron chi connectivity index (χ3n) is 3.95. The molecule has 0 bridgehead atoms. The standard InChI is InChI=1S/C11H17NO3/c13-9-7-8(3-6-12-9)11(10(14)15)4-1-2-5-11/h8H,1-7H2,(H,12,13)(H,14,15). The van der Waals surface area contributed by atoms with Crippen LogP contribution < -0.4 is 5.32 Å². The number of carbonyl (C=O) groups is 2. The molecule has 1 amide bonds. The monoisotopic (exact) mass is 211 g/mol. The Morgan fingerprint density at radius 2 is 2.07 bits per heavy atom. The smallest absolute Gasteiger partial charge is 0.309 e. The highest BCUT2D eigenvalue weighted by Gasteiger charge is 2.48. The van der Waals surface area contributed by atoms with Crippen LogP contribution in [0.25, 0.3) is 0 Å². The summed E-state index contributed by atoms with van der Waals surface area (Å²) in [6.07, 6.45) is 4.69. The van der Waals surface area contributed by atoms with E-state index in [-0.39, 0.29) is 11.8 Å². The number of amides is 1. The van der Waals surface area contributed by atoms with E-state index in [0.717, 1.165) is 32.1 Å². The first-order chi connectivity index (χ1) is 7.15. The van der Waals surface area contributed by atoms with Crippen molar-refractivity contribution >= 4 is 11.9 Å². The highest BCUT2D eigenvalue weighted by Crippen LogP contribution is 2.47. The second kappa shape index (κ2) is 3.83. The quantitative estimate of drug-likeness (QED) is 0.720. The topological polar surface area (TPSA) is 66.4 Å². The van der Waals surface area contributed by atoms with Crippen molar-refractivity contribution in [1.29, 1.82) is 0 Å². The summed E-state index contributed by atoms with van der Waals surface area (Å²) in [6, 6.07) is 0. The second-order valence-corrected chi connectivity index (χ2v) is 4.71. The summed E-state index contributed by atoms with van der Waals surface area (Å²) in [5.74, 6) is -0.635. The predicted octanol–water partition coefficient (Wildman–Crippen LogP) is 1.16. The van der Waals surface area contributed by atoms with Gasteiger partial charge in [0.1, 0.15) is 0 Å². The molecule has 2 fully saturated rings. The van der Waals surface area contributed by atoms with Gasteiger partial charge in [0.2, 0.25) is 5.91 Å². The Balaban J connectivity index is 2.17. The lowest BCUT2D eigenvalue weighted by atomic mass is 9.70. The van der Waals surface area contributed by atoms with Crippen molar-refractivity contribution in [2.75, 3.05) is 6.54 Å². The van der Waals surface area contributed by atoms with Crippen LogP contribution in [0.1, 0.15) is 38.5 Å². The molecule has 1 saturated carbocycles. The SMILES string of the molecule is O=C1CC(C2(C(=O)O)CCCC2)CCN1. The van der Waals surface area contributed by atoms with Crippen LogP contribution >= 0.6 is 0 Å². The Morgan fingerprint density at radius 3 is 2.60 bits per heavy atom. The molecule has 15 heavy (non-hydrogen) atoms. The van der Waals surface area contributed by atoms with E-state index < -0.39 is 11.4 Å². The summed E-state index contributed by atoms with van der Waals surface area (Å²) in [5, 5.41) is 12.1. The van der Waals surface area contributed by atoms with Gasteiger partial charge in [0.25, 0.3) is 0 Å². The Hall–Kier alpha value is -1.06. The van der Waals surface area contributed by atoms with E-state index in [1.165, 1.54) is 0 Å². The van der Waals surface area contributed by atoms with E-state index in [1.807, 2.05) is 0 Å². The van der Waals surface area contributed by atoms with E-state index in [4.69, 9.17) is 0 Å². The molecule has 1 heterocycles. The molecule has 0 aromatic heterocycles. The van der Waals surface area contributed by atoms with Gasteiger partial charge in [-0.2, -0.15) is 0 Å². The molecule has 1 saturated heterocycles. The summed E-state index contributed by atoms with van der Waals surface area (Å²) >= 11 is 0. The Labute approximate surface area is 89.0 Å². The molecule has 4 heteroatoms. The van der Waals surface area contributed by atoms with E-state index in [1.54, 1.807) is 0 Å². The zero-order valence-electron chi connectivity index (χ0n) is 8.79. The first kappa shape index (κ1) is 10.5. The maximum Gasteiger partial charge on any atom is 0.309 e. The highest BCUT2D eigenvalue weighted by atomic mass is 16.4. The van der Waals surface area contributed by atoms with Crippen LogP contribution in [-0.2, 0) is 9.59 Å². The third kappa shape index (κ3) is 1.73. The fourth-order valence-electron chi connectivity index (χ4n) is 3.06. The van der Waals surface area contributed by atoms with Gasteiger partial charge in [-0.1, -0.05) is 12.8 Å². The average molecular weight is 211 g/mol. The maximum absolute atomic E-state index is 11.4. The zero-order chi connectivity index (χ0) is 10.9. The van der Waals surface area contributed by atoms with E-state index in [2.05, 4.69) is 5.32 Å². The predicted molar refractivity (Wildman–Crippen MR) is 54.3 cm³/mol. The third-order valence-corrected chi connectivity index (χ3v) is 3.95. The first-order valence-corrected chi connectivity index (χ1v) is 5.65. The molecule has 0 radical (unpaired) electrons. The van der Waals surface area contributed by atoms with Crippen LogP contribution in [-0.4, -0.2) is 23.5 Å². The first-order valence-electron chi connectivity index (χ1n) is 5.65. The maximum atomic E-state index is 11.4. The molecule has 0 spiro atoms. The average Bonchev–Trinajstić information content (AvgIpc) is 2.67. The van der Waals surface area contributed by atoms with Crippen molar-refractivity contribution in [3.63, 3.8) is 0 Å². The Bertz CT molecular complexity index is 282. The summed E-state index contributed by atoms with van der Waals surface area (Å²) < 4.78 is 0. The fourth-order valence-corrected chi connectivity index (χ4v) is 3.06. The van der Waals surface area contributed by atoms with Crippen LogP contribution in [0.3, 0.4) is 0 Å². The summed E-state index contributed by atoms with van der Waals surface area (Å²) in [4.78, 5) is 22.7. The van der Waals surface area contributed by atoms with Gasteiger partial charge in [-0.3, -0.25) is 9.59 Å². The number of aliphatic carboxylic acids is 1. The summed E-state index contributed by atoms with van der Waals surface area (Å²) in [7, 11) is 0. The second-order valence-electron chi connectivity index (χ2n) is 4.71. The van der Waals surface area contributed by atoms with Gasteiger partial charge >= 0.3 is 5.97 Å². The summed E-state index contributed by atoms with van der Waals surface area (Å²) in [5.41, 5.74) is -0.599. The molecular weight excluding hydrogens is 194 g/mol. The van der Waals surface area contributed by atoms with Crippen molar-refractivity contribution in [2.24, 2.45) is 11.3 Å². The molecule has 1 unspecified atom stereocenters. The molecule has 0 aromatic rings. The zero-order valence-corrected chi connectivity index (χ0v) is 8.79. The van der Waals surface area contributed by atoms with Gasteiger partial charge < -0.3 is 10.4 Å². The van der Waals surface area contributed by atoms with E-state index >= 15 is 0 Å². The van der Waals surface area contributed by atoms with Crippen molar-refractivity contribution in [3.8, 4) is 0 Å². The molecular formula is C11H17NO3. The van der Waals surface area contributed by atoms with Crippen molar-refractivity contribution < 1.29 is 14.7 Å². The number of nitrogens with one attached hydrogen (secondary N) is 1. The van der Waals surface area contributed by atoms with Gasteiger partial charge in [0, 0.05) is 13.0 Å². The minimum absolute atomic E-state index is 0.0128. The van der Waals surface area contributed by atoms with E-state index in [9.17, 15) is 14.7 Å². The lowest BCUT2D eigenvalue weighted by molar-refractivity contribution is -0.153. The molecule has 1 atom stereocenters. The number of carboxylic acids is 1. The van der Waals surface area contributed by atoms with Crippen LogP contribution in [0.4, 0.5) is 0 Å². The van der Waals surface area contributed by atoms with Gasteiger partial charge in [-0.25, -0.2) is 0 Å². The molecule has 2 aliphatic rings. The lowest BCUT2D eigenvalue weighted by Crippen LogP contribution is -2.44. The molecule has 1 aliphatic heterocycles. The van der Waals surface area contributed by atoms with Crippen LogP contribution in [0, 0.1) is 11.3 Å². The van der Waals surface area contributed by atoms with Crippen molar-refractivity contribution in [3.05, 3.63) is 0 Å². The largest absolute Gasteiger partial charge is 0.481 e.